The van der Waals surface area contributed by atoms with E-state index in [0.717, 1.165) is 36.5 Å². The largest absolute Gasteiger partial charge is 0.356 e. The number of amides is 1. The van der Waals surface area contributed by atoms with Crippen molar-refractivity contribution in [3.63, 3.8) is 0 Å². The molecule has 0 spiro atoms. The van der Waals surface area contributed by atoms with Gasteiger partial charge in [-0.3, -0.25) is 9.59 Å². The van der Waals surface area contributed by atoms with Gasteiger partial charge in [0.05, 0.1) is 34.8 Å². The summed E-state index contributed by atoms with van der Waals surface area (Å²) in [6.07, 6.45) is 1.60. The molecule has 23 heavy (non-hydrogen) atoms. The summed E-state index contributed by atoms with van der Waals surface area (Å²) < 4.78 is 1.16. The van der Waals surface area contributed by atoms with Gasteiger partial charge >= 0.3 is 0 Å². The fourth-order valence-electron chi connectivity index (χ4n) is 2.79. The third-order valence-corrected chi connectivity index (χ3v) is 5.75. The fourth-order valence-corrected chi connectivity index (χ4v) is 4.34. The third-order valence-electron chi connectivity index (χ3n) is 4.13. The van der Waals surface area contributed by atoms with Crippen molar-refractivity contribution >= 4 is 39.0 Å². The fraction of sp³-hybridized carbons (Fsp3) is 0.375. The Bertz CT molecular complexity index is 716. The molecule has 0 atom stereocenters. The molecular formula is C16H19BrN3O2S+. The van der Waals surface area contributed by atoms with Crippen LogP contribution in [-0.4, -0.2) is 47.8 Å². The second-order valence-electron chi connectivity index (χ2n) is 5.78. The number of H-pyrrole nitrogens is 1. The molecule has 1 aliphatic heterocycles. The number of aromatic amines is 1. The van der Waals surface area contributed by atoms with Crippen LogP contribution in [0.15, 0.2) is 28.2 Å². The van der Waals surface area contributed by atoms with E-state index in [4.69, 9.17) is 0 Å². The molecule has 1 aliphatic rings. The molecule has 3 heterocycles. The second-order valence-corrected chi connectivity index (χ2v) is 8.33. The van der Waals surface area contributed by atoms with Crippen LogP contribution in [0.2, 0.25) is 0 Å². The predicted molar refractivity (Wildman–Crippen MR) is 93.1 cm³/mol. The minimum Gasteiger partial charge on any atom is -0.356 e. The molecule has 2 aromatic rings. The molecule has 0 aromatic carbocycles. The number of nitrogens with one attached hydrogen (secondary N) is 2. The number of ketones is 1. The van der Waals surface area contributed by atoms with Gasteiger partial charge in [0, 0.05) is 11.8 Å². The van der Waals surface area contributed by atoms with Crippen LogP contribution in [0.1, 0.15) is 32.6 Å². The molecule has 0 aliphatic carbocycles. The van der Waals surface area contributed by atoms with Crippen molar-refractivity contribution in [1.29, 1.82) is 0 Å². The van der Waals surface area contributed by atoms with E-state index in [2.05, 4.69) is 33.0 Å². The standard InChI is InChI=1S/C16H18BrN3O2S/c1-11(21)12-8-14(18-9-12)16(22)20-6-4-19(5-7-20)10-13-2-3-15(17)23-13/h2-3,8-9,18H,4-7,10H2,1H3/p+1. The molecule has 0 saturated carbocycles. The number of quaternary nitrogens is 1. The number of hydrogen-bond donors (Lipinski definition) is 2. The van der Waals surface area contributed by atoms with E-state index >= 15 is 0 Å². The Labute approximate surface area is 147 Å². The summed E-state index contributed by atoms with van der Waals surface area (Å²) in [5, 5.41) is 0. The van der Waals surface area contributed by atoms with E-state index in [9.17, 15) is 9.59 Å². The van der Waals surface area contributed by atoms with Gasteiger partial charge in [0.25, 0.3) is 5.91 Å². The zero-order valence-corrected chi connectivity index (χ0v) is 15.3. The van der Waals surface area contributed by atoms with Gasteiger partial charge in [-0.2, -0.15) is 0 Å². The number of aromatic nitrogens is 1. The van der Waals surface area contributed by atoms with Crippen molar-refractivity contribution in [2.45, 2.75) is 13.5 Å². The van der Waals surface area contributed by atoms with Crippen LogP contribution in [0.3, 0.4) is 0 Å². The average Bonchev–Trinajstić information content (AvgIpc) is 3.17. The van der Waals surface area contributed by atoms with Gasteiger partial charge in [-0.05, 0) is 41.1 Å². The highest BCUT2D eigenvalue weighted by Crippen LogP contribution is 2.21. The zero-order valence-electron chi connectivity index (χ0n) is 12.9. The van der Waals surface area contributed by atoms with E-state index < -0.39 is 0 Å². The smallest absolute Gasteiger partial charge is 0.270 e. The summed E-state index contributed by atoms with van der Waals surface area (Å²) in [6, 6.07) is 5.88. The Morgan fingerprint density at radius 2 is 2.09 bits per heavy atom. The van der Waals surface area contributed by atoms with E-state index in [0.29, 0.717) is 11.3 Å². The van der Waals surface area contributed by atoms with Crippen molar-refractivity contribution in [2.24, 2.45) is 0 Å². The van der Waals surface area contributed by atoms with Gasteiger partial charge in [0.15, 0.2) is 5.78 Å². The van der Waals surface area contributed by atoms with Crippen LogP contribution in [-0.2, 0) is 6.54 Å². The number of carbonyl (C=O) groups is 2. The molecule has 2 aromatic heterocycles. The number of Topliss-reactive ketones (excluding diaryl/α,β-unsaturated/α-hetero) is 1. The molecular weight excluding hydrogens is 378 g/mol. The molecule has 7 heteroatoms. The van der Waals surface area contributed by atoms with Crippen molar-refractivity contribution in [3.05, 3.63) is 44.3 Å². The Kier molecular flexibility index (Phi) is 4.99. The minimum absolute atomic E-state index is 0.0181. The van der Waals surface area contributed by atoms with Gasteiger partial charge < -0.3 is 14.8 Å². The Hall–Kier alpha value is -1.44. The van der Waals surface area contributed by atoms with Gasteiger partial charge in [-0.1, -0.05) is 0 Å². The summed E-state index contributed by atoms with van der Waals surface area (Å²) >= 11 is 5.26. The number of carbonyl (C=O) groups excluding carboxylic acids is 2. The summed E-state index contributed by atoms with van der Waals surface area (Å²) in [7, 11) is 0. The van der Waals surface area contributed by atoms with Gasteiger partial charge in [-0.15, -0.1) is 11.3 Å². The number of halogens is 1. The lowest BCUT2D eigenvalue weighted by molar-refractivity contribution is -0.917. The summed E-state index contributed by atoms with van der Waals surface area (Å²) in [6.45, 7) is 5.89. The first-order valence-corrected chi connectivity index (χ1v) is 9.20. The normalized spacial score (nSPS) is 15.8. The van der Waals surface area contributed by atoms with Crippen LogP contribution in [0.4, 0.5) is 0 Å². The minimum atomic E-state index is -0.0309. The summed E-state index contributed by atoms with van der Waals surface area (Å²) in [5.41, 5.74) is 1.06. The van der Waals surface area contributed by atoms with Crippen molar-refractivity contribution in [2.75, 3.05) is 26.2 Å². The molecule has 3 rings (SSSR count). The van der Waals surface area contributed by atoms with Gasteiger partial charge in [0.2, 0.25) is 0 Å². The second kappa shape index (κ2) is 6.98. The van der Waals surface area contributed by atoms with Crippen LogP contribution < -0.4 is 4.90 Å². The first-order chi connectivity index (χ1) is 11.0. The topological polar surface area (TPSA) is 57.6 Å². The average molecular weight is 397 g/mol. The SMILES string of the molecule is CC(=O)c1c[nH]c(C(=O)N2CC[NH+](Cc3ccc(Br)s3)CC2)c1. The van der Waals surface area contributed by atoms with Crippen molar-refractivity contribution < 1.29 is 14.5 Å². The molecule has 0 radical (unpaired) electrons. The van der Waals surface area contributed by atoms with Crippen LogP contribution >= 0.6 is 27.3 Å². The summed E-state index contributed by atoms with van der Waals surface area (Å²) in [5.74, 6) is -0.0490. The zero-order chi connectivity index (χ0) is 16.4. The van der Waals surface area contributed by atoms with Crippen LogP contribution in [0.5, 0.6) is 0 Å². The Morgan fingerprint density at radius 1 is 1.35 bits per heavy atom. The van der Waals surface area contributed by atoms with Gasteiger partial charge in [0.1, 0.15) is 12.2 Å². The maximum Gasteiger partial charge on any atom is 0.270 e. The molecule has 122 valence electrons. The Morgan fingerprint density at radius 3 is 2.65 bits per heavy atom. The number of hydrogen-bond acceptors (Lipinski definition) is 3. The van der Waals surface area contributed by atoms with Crippen LogP contribution in [0, 0.1) is 0 Å². The first-order valence-electron chi connectivity index (χ1n) is 7.59. The maximum atomic E-state index is 12.5. The lowest BCUT2D eigenvalue weighted by atomic mass is 10.2. The Balaban J connectivity index is 1.55. The lowest BCUT2D eigenvalue weighted by Gasteiger charge is -2.31. The third kappa shape index (κ3) is 3.91. The number of rotatable bonds is 4. The lowest BCUT2D eigenvalue weighted by Crippen LogP contribution is -3.13. The van der Waals surface area contributed by atoms with E-state index in [1.807, 2.05) is 4.90 Å². The molecule has 0 bridgehead atoms. The van der Waals surface area contributed by atoms with E-state index in [1.165, 1.54) is 16.7 Å². The van der Waals surface area contributed by atoms with E-state index in [1.54, 1.807) is 23.6 Å². The molecule has 2 N–H and O–H groups in total. The number of piperazine rings is 1. The number of nitrogens with zero attached hydrogens (tertiary/aromatic N) is 1. The number of thiophene rings is 1. The molecule has 5 nitrogen and oxygen atoms in total. The summed E-state index contributed by atoms with van der Waals surface area (Å²) in [4.78, 5) is 31.4. The quantitative estimate of drug-likeness (QED) is 0.770. The molecule has 1 saturated heterocycles. The highest BCUT2D eigenvalue weighted by atomic mass is 79.9. The molecule has 0 unspecified atom stereocenters. The van der Waals surface area contributed by atoms with Gasteiger partial charge in [-0.25, -0.2) is 0 Å². The van der Waals surface area contributed by atoms with E-state index in [-0.39, 0.29) is 11.7 Å². The first kappa shape index (κ1) is 16.4. The monoisotopic (exact) mass is 396 g/mol. The van der Waals surface area contributed by atoms with Crippen molar-refractivity contribution in [1.82, 2.24) is 9.88 Å². The molecule has 1 fully saturated rings. The highest BCUT2D eigenvalue weighted by Gasteiger charge is 2.25. The highest BCUT2D eigenvalue weighted by molar-refractivity contribution is 9.11. The molecule has 1 amide bonds. The van der Waals surface area contributed by atoms with Crippen LogP contribution in [0.25, 0.3) is 0 Å². The van der Waals surface area contributed by atoms with Crippen molar-refractivity contribution in [3.8, 4) is 0 Å². The predicted octanol–water partition coefficient (Wildman–Crippen LogP) is 1.58. The maximum absolute atomic E-state index is 12.5.